The SMILES string of the molecule is C=C/C=C\C/C(=C\C)NC(=C)C(=O)NCc1nc(N/N=C2\CCc3ccccc32)cc(N2CCOCC2)n1.CC. The Kier molecular flexibility index (Phi) is 12.1. The van der Waals surface area contributed by atoms with Crippen LogP contribution in [0.3, 0.4) is 0 Å². The van der Waals surface area contributed by atoms with E-state index in [1.165, 1.54) is 11.1 Å². The van der Waals surface area contributed by atoms with Gasteiger partial charge in [-0.05, 0) is 25.3 Å². The number of rotatable bonds is 11. The predicted octanol–water partition coefficient (Wildman–Crippen LogP) is 4.86. The number of fused-ring (bicyclic) bond motifs is 1. The van der Waals surface area contributed by atoms with Gasteiger partial charge in [0.15, 0.2) is 11.6 Å². The smallest absolute Gasteiger partial charge is 0.267 e. The fourth-order valence-electron chi connectivity index (χ4n) is 4.27. The molecule has 0 spiro atoms. The number of ether oxygens (including phenoxy) is 1. The molecule has 9 nitrogen and oxygen atoms in total. The number of carbonyl (C=O) groups is 1. The van der Waals surface area contributed by atoms with Crippen LogP contribution in [0.4, 0.5) is 11.6 Å². The number of nitrogens with one attached hydrogen (secondary N) is 3. The molecule has 4 rings (SSSR count). The maximum atomic E-state index is 12.7. The lowest BCUT2D eigenvalue weighted by Gasteiger charge is -2.28. The van der Waals surface area contributed by atoms with Crippen LogP contribution in [0.1, 0.15) is 50.6 Å². The van der Waals surface area contributed by atoms with Crippen LogP contribution in [0, 0.1) is 0 Å². The number of anilines is 2. The minimum absolute atomic E-state index is 0.146. The van der Waals surface area contributed by atoms with Gasteiger partial charge in [-0.2, -0.15) is 5.10 Å². The standard InChI is InChI=1S/C29H35N7O2.C2H6/c1-4-6-7-11-23(5-2)31-21(3)29(37)30-20-27-32-26(19-28(33-27)36-15-17-38-18-16-36)35-34-25-14-13-22-10-8-9-12-24(22)25;1-2/h4-10,12,19,31H,1,3,11,13-18,20H2,2H3,(H,30,37)(H,32,33,35);1-2H3/b7-6-,23-5+,34-25+;. The number of hydrogen-bond acceptors (Lipinski definition) is 8. The molecule has 0 saturated carbocycles. The van der Waals surface area contributed by atoms with Crippen molar-refractivity contribution in [1.82, 2.24) is 20.6 Å². The minimum atomic E-state index is -0.324. The van der Waals surface area contributed by atoms with Gasteiger partial charge in [-0.25, -0.2) is 9.97 Å². The van der Waals surface area contributed by atoms with E-state index in [4.69, 9.17) is 9.72 Å². The van der Waals surface area contributed by atoms with Crippen molar-refractivity contribution >= 4 is 23.3 Å². The molecule has 0 unspecified atom stereocenters. The molecule has 2 heterocycles. The van der Waals surface area contributed by atoms with Gasteiger partial charge in [0.05, 0.1) is 31.2 Å². The highest BCUT2D eigenvalue weighted by atomic mass is 16.5. The van der Waals surface area contributed by atoms with E-state index >= 15 is 0 Å². The molecule has 1 aromatic heterocycles. The van der Waals surface area contributed by atoms with E-state index in [9.17, 15) is 4.79 Å². The van der Waals surface area contributed by atoms with Gasteiger partial charge in [0, 0.05) is 36.8 Å². The lowest BCUT2D eigenvalue weighted by molar-refractivity contribution is -0.118. The van der Waals surface area contributed by atoms with Gasteiger partial charge >= 0.3 is 0 Å². The first-order valence-corrected chi connectivity index (χ1v) is 13.9. The fourth-order valence-corrected chi connectivity index (χ4v) is 4.27. The average molecular weight is 544 g/mol. The van der Waals surface area contributed by atoms with Crippen molar-refractivity contribution in [2.45, 2.75) is 46.6 Å². The largest absolute Gasteiger partial charge is 0.378 e. The van der Waals surface area contributed by atoms with Gasteiger partial charge in [-0.1, -0.05) is 75.6 Å². The van der Waals surface area contributed by atoms with Crippen molar-refractivity contribution in [3.63, 3.8) is 0 Å². The van der Waals surface area contributed by atoms with E-state index in [0.29, 0.717) is 31.3 Å². The Morgan fingerprint density at radius 3 is 2.70 bits per heavy atom. The summed E-state index contributed by atoms with van der Waals surface area (Å²) in [6.07, 6.45) is 9.92. The zero-order valence-corrected chi connectivity index (χ0v) is 23.9. The number of benzene rings is 1. The third-order valence-corrected chi connectivity index (χ3v) is 6.31. The Morgan fingerprint density at radius 1 is 1.18 bits per heavy atom. The Hall–Kier alpha value is -4.24. The molecular formula is C31H41N7O2. The summed E-state index contributed by atoms with van der Waals surface area (Å²) in [6, 6.07) is 10.2. The van der Waals surface area contributed by atoms with Crippen LogP contribution in [0.15, 0.2) is 84.3 Å². The predicted molar refractivity (Wildman–Crippen MR) is 163 cm³/mol. The average Bonchev–Trinajstić information content (AvgIpc) is 3.42. The summed E-state index contributed by atoms with van der Waals surface area (Å²) in [5.74, 6) is 1.49. The number of nitrogens with zero attached hydrogens (tertiary/aromatic N) is 4. The number of aromatic nitrogens is 2. The lowest BCUT2D eigenvalue weighted by Crippen LogP contribution is -2.37. The first-order valence-electron chi connectivity index (χ1n) is 13.9. The van der Waals surface area contributed by atoms with E-state index in [1.54, 1.807) is 6.08 Å². The van der Waals surface area contributed by atoms with Crippen LogP contribution in [-0.2, 0) is 22.5 Å². The molecule has 1 amide bonds. The number of allylic oxidation sites excluding steroid dienone is 4. The molecule has 9 heteroatoms. The van der Waals surface area contributed by atoms with E-state index in [-0.39, 0.29) is 18.1 Å². The summed E-state index contributed by atoms with van der Waals surface area (Å²) in [6.45, 7) is 16.3. The van der Waals surface area contributed by atoms with Crippen LogP contribution >= 0.6 is 0 Å². The van der Waals surface area contributed by atoms with Crippen molar-refractivity contribution in [3.8, 4) is 0 Å². The third kappa shape index (κ3) is 8.64. The van der Waals surface area contributed by atoms with Gasteiger partial charge in [0.1, 0.15) is 5.82 Å². The van der Waals surface area contributed by atoms with E-state index in [0.717, 1.165) is 43.2 Å². The van der Waals surface area contributed by atoms with Crippen molar-refractivity contribution in [2.75, 3.05) is 36.6 Å². The zero-order chi connectivity index (χ0) is 28.7. The van der Waals surface area contributed by atoms with Gasteiger partial charge < -0.3 is 20.3 Å². The molecule has 1 saturated heterocycles. The molecule has 1 aliphatic carbocycles. The molecule has 0 atom stereocenters. The summed E-state index contributed by atoms with van der Waals surface area (Å²) in [5, 5.41) is 10.6. The minimum Gasteiger partial charge on any atom is -0.378 e. The van der Waals surface area contributed by atoms with Crippen LogP contribution < -0.4 is 21.0 Å². The Bertz CT molecular complexity index is 1260. The number of amides is 1. The molecule has 2 aromatic rings. The fraction of sp³-hybridized carbons (Fsp3) is 0.355. The molecule has 2 aliphatic rings. The van der Waals surface area contributed by atoms with Crippen molar-refractivity contribution < 1.29 is 9.53 Å². The number of carbonyl (C=O) groups excluding carboxylic acids is 1. The number of aryl methyl sites for hydroxylation is 1. The molecule has 212 valence electrons. The van der Waals surface area contributed by atoms with Crippen LogP contribution in [0.2, 0.25) is 0 Å². The highest BCUT2D eigenvalue weighted by Crippen LogP contribution is 2.23. The molecule has 40 heavy (non-hydrogen) atoms. The molecule has 0 radical (unpaired) electrons. The second kappa shape index (κ2) is 16.0. The Balaban J connectivity index is 0.00000216. The van der Waals surface area contributed by atoms with Crippen LogP contribution in [0.5, 0.6) is 0 Å². The molecular weight excluding hydrogens is 502 g/mol. The zero-order valence-electron chi connectivity index (χ0n) is 23.9. The first kappa shape index (κ1) is 30.3. The molecule has 3 N–H and O–H groups in total. The highest BCUT2D eigenvalue weighted by Gasteiger charge is 2.18. The van der Waals surface area contributed by atoms with Crippen molar-refractivity contribution in [3.05, 3.63) is 96.1 Å². The topological polar surface area (TPSA) is 104 Å². The molecule has 1 aromatic carbocycles. The van der Waals surface area contributed by atoms with Gasteiger partial charge in [0.2, 0.25) is 0 Å². The summed E-state index contributed by atoms with van der Waals surface area (Å²) in [7, 11) is 0. The summed E-state index contributed by atoms with van der Waals surface area (Å²) in [5.41, 5.74) is 7.73. The van der Waals surface area contributed by atoms with Crippen molar-refractivity contribution in [2.24, 2.45) is 5.10 Å². The number of morpholine rings is 1. The Labute approximate surface area is 237 Å². The quantitative estimate of drug-likeness (QED) is 0.211. The second-order valence-electron chi connectivity index (χ2n) is 8.92. The maximum Gasteiger partial charge on any atom is 0.267 e. The molecule has 1 fully saturated rings. The summed E-state index contributed by atoms with van der Waals surface area (Å²) >= 11 is 0. The van der Waals surface area contributed by atoms with Crippen LogP contribution in [0.25, 0.3) is 0 Å². The van der Waals surface area contributed by atoms with Gasteiger partial charge in [-0.15, -0.1) is 0 Å². The third-order valence-electron chi connectivity index (χ3n) is 6.31. The second-order valence-corrected chi connectivity index (χ2v) is 8.92. The molecule has 1 aliphatic heterocycles. The summed E-state index contributed by atoms with van der Waals surface area (Å²) in [4.78, 5) is 24.2. The normalized spacial score (nSPS) is 15.7. The number of hydrazone groups is 1. The first-order chi connectivity index (χ1) is 19.6. The van der Waals surface area contributed by atoms with E-state index in [2.05, 4.69) is 62.4 Å². The molecule has 0 bridgehead atoms. The van der Waals surface area contributed by atoms with E-state index in [1.807, 2.05) is 51.1 Å². The van der Waals surface area contributed by atoms with E-state index < -0.39 is 0 Å². The van der Waals surface area contributed by atoms with Crippen LogP contribution in [-0.4, -0.2) is 47.9 Å². The summed E-state index contributed by atoms with van der Waals surface area (Å²) < 4.78 is 5.50. The maximum absolute atomic E-state index is 12.7. The lowest BCUT2D eigenvalue weighted by atomic mass is 10.1. The van der Waals surface area contributed by atoms with Gasteiger partial charge in [0.25, 0.3) is 5.91 Å². The van der Waals surface area contributed by atoms with Gasteiger partial charge in [-0.3, -0.25) is 10.2 Å². The Morgan fingerprint density at radius 2 is 1.95 bits per heavy atom. The monoisotopic (exact) mass is 543 g/mol. The highest BCUT2D eigenvalue weighted by molar-refractivity contribution is 6.04. The van der Waals surface area contributed by atoms with Crippen molar-refractivity contribution in [1.29, 1.82) is 0 Å². The number of hydrogen-bond donors (Lipinski definition) is 3.